The van der Waals surface area contributed by atoms with Crippen molar-refractivity contribution in [3.63, 3.8) is 0 Å². The summed E-state index contributed by atoms with van der Waals surface area (Å²) in [7, 11) is 0. The summed E-state index contributed by atoms with van der Waals surface area (Å²) in [6.07, 6.45) is 0.998. The van der Waals surface area contributed by atoms with Crippen LogP contribution in [0.3, 0.4) is 0 Å². The van der Waals surface area contributed by atoms with Crippen molar-refractivity contribution in [3.05, 3.63) is 28.2 Å². The Morgan fingerprint density at radius 1 is 1.41 bits per heavy atom. The zero-order chi connectivity index (χ0) is 12.4. The molecular weight excluding hydrogens is 284 g/mol. The van der Waals surface area contributed by atoms with Crippen molar-refractivity contribution in [2.45, 2.75) is 18.9 Å². The van der Waals surface area contributed by atoms with Gasteiger partial charge in [-0.3, -0.25) is 4.79 Å². The number of nitrogens with zero attached hydrogens (tertiary/aromatic N) is 1. The number of rotatable bonds is 1. The van der Waals surface area contributed by atoms with Crippen LogP contribution in [0.4, 0.5) is 5.69 Å². The number of piperidine rings is 1. The highest BCUT2D eigenvalue weighted by atomic mass is 79.9. The molecule has 4 nitrogen and oxygen atoms in total. The molecule has 1 amide bonds. The van der Waals surface area contributed by atoms with Crippen molar-refractivity contribution in [1.29, 1.82) is 0 Å². The lowest BCUT2D eigenvalue weighted by atomic mass is 10.1. The summed E-state index contributed by atoms with van der Waals surface area (Å²) >= 11 is 3.33. The molecule has 1 aliphatic rings. The zero-order valence-electron chi connectivity index (χ0n) is 9.40. The summed E-state index contributed by atoms with van der Waals surface area (Å²) in [6.45, 7) is 1.18. The Balaban J connectivity index is 2.16. The fourth-order valence-electron chi connectivity index (χ4n) is 1.95. The Labute approximate surface area is 109 Å². The molecule has 1 aliphatic heterocycles. The predicted molar refractivity (Wildman–Crippen MR) is 69.7 cm³/mol. The third-order valence-electron chi connectivity index (χ3n) is 3.00. The molecular formula is C12H15BrN2O2. The number of likely N-dealkylation sites (tertiary alicyclic amines) is 1. The molecule has 1 fully saturated rings. The van der Waals surface area contributed by atoms with E-state index in [4.69, 9.17) is 5.73 Å². The van der Waals surface area contributed by atoms with E-state index in [9.17, 15) is 9.90 Å². The summed E-state index contributed by atoms with van der Waals surface area (Å²) < 4.78 is 0.840. The van der Waals surface area contributed by atoms with Gasteiger partial charge in [-0.2, -0.15) is 0 Å². The van der Waals surface area contributed by atoms with Crippen LogP contribution in [-0.4, -0.2) is 35.1 Å². The van der Waals surface area contributed by atoms with Gasteiger partial charge in [0.25, 0.3) is 5.91 Å². The minimum absolute atomic E-state index is 0.0595. The van der Waals surface area contributed by atoms with Gasteiger partial charge in [0.15, 0.2) is 0 Å². The first-order chi connectivity index (χ1) is 8.08. The number of halogens is 1. The molecule has 0 unspecified atom stereocenters. The Bertz CT molecular complexity index is 429. The van der Waals surface area contributed by atoms with Crippen molar-refractivity contribution >= 4 is 27.5 Å². The van der Waals surface area contributed by atoms with Gasteiger partial charge in [0.05, 0.1) is 11.7 Å². The molecule has 0 aliphatic carbocycles. The van der Waals surface area contributed by atoms with E-state index in [2.05, 4.69) is 15.9 Å². The van der Waals surface area contributed by atoms with E-state index in [1.165, 1.54) is 0 Å². The van der Waals surface area contributed by atoms with E-state index in [-0.39, 0.29) is 12.0 Å². The maximum absolute atomic E-state index is 12.2. The maximum atomic E-state index is 12.2. The van der Waals surface area contributed by atoms with Crippen LogP contribution in [0.2, 0.25) is 0 Å². The largest absolute Gasteiger partial charge is 0.398 e. The van der Waals surface area contributed by atoms with E-state index in [0.29, 0.717) is 37.2 Å². The Morgan fingerprint density at radius 3 is 2.71 bits per heavy atom. The summed E-state index contributed by atoms with van der Waals surface area (Å²) in [5.41, 5.74) is 6.82. The van der Waals surface area contributed by atoms with E-state index in [0.717, 1.165) is 4.47 Å². The highest BCUT2D eigenvalue weighted by Gasteiger charge is 2.23. The number of hydrogen-bond donors (Lipinski definition) is 2. The molecule has 0 bridgehead atoms. The van der Waals surface area contributed by atoms with Crippen molar-refractivity contribution < 1.29 is 9.90 Å². The third-order valence-corrected chi connectivity index (χ3v) is 3.49. The summed E-state index contributed by atoms with van der Waals surface area (Å²) in [4.78, 5) is 14.0. The van der Waals surface area contributed by atoms with Crippen molar-refractivity contribution in [1.82, 2.24) is 4.90 Å². The normalized spacial score (nSPS) is 17.2. The molecule has 5 heteroatoms. The van der Waals surface area contributed by atoms with Crippen LogP contribution in [0, 0.1) is 0 Å². The van der Waals surface area contributed by atoms with Gasteiger partial charge in [-0.15, -0.1) is 0 Å². The first-order valence-electron chi connectivity index (χ1n) is 5.60. The number of anilines is 1. The SMILES string of the molecule is Nc1ccc(Br)cc1C(=O)N1CCC(O)CC1. The molecule has 17 heavy (non-hydrogen) atoms. The number of nitrogen functional groups attached to an aromatic ring is 1. The molecule has 0 saturated carbocycles. The number of hydrogen-bond acceptors (Lipinski definition) is 3. The van der Waals surface area contributed by atoms with Crippen LogP contribution in [0.5, 0.6) is 0 Å². The summed E-state index contributed by atoms with van der Waals surface area (Å²) in [5.74, 6) is -0.0595. The van der Waals surface area contributed by atoms with E-state index >= 15 is 0 Å². The van der Waals surface area contributed by atoms with Crippen LogP contribution < -0.4 is 5.73 Å². The lowest BCUT2D eigenvalue weighted by Gasteiger charge is -2.30. The summed E-state index contributed by atoms with van der Waals surface area (Å²) in [5, 5.41) is 9.41. The van der Waals surface area contributed by atoms with Crippen LogP contribution in [-0.2, 0) is 0 Å². The molecule has 1 saturated heterocycles. The first-order valence-corrected chi connectivity index (χ1v) is 6.39. The van der Waals surface area contributed by atoms with Crippen LogP contribution >= 0.6 is 15.9 Å². The van der Waals surface area contributed by atoms with Gasteiger partial charge in [0.2, 0.25) is 0 Å². The van der Waals surface area contributed by atoms with Crippen molar-refractivity contribution in [3.8, 4) is 0 Å². The standard InChI is InChI=1S/C12H15BrN2O2/c13-8-1-2-11(14)10(7-8)12(17)15-5-3-9(16)4-6-15/h1-2,7,9,16H,3-6,14H2. The average Bonchev–Trinajstić information content (AvgIpc) is 2.32. The van der Waals surface area contributed by atoms with Crippen molar-refractivity contribution in [2.75, 3.05) is 18.8 Å². The Hall–Kier alpha value is -1.07. The Morgan fingerprint density at radius 2 is 2.06 bits per heavy atom. The lowest BCUT2D eigenvalue weighted by molar-refractivity contribution is 0.0547. The van der Waals surface area contributed by atoms with Gasteiger partial charge in [-0.05, 0) is 31.0 Å². The van der Waals surface area contributed by atoms with E-state index in [1.807, 2.05) is 6.07 Å². The fraction of sp³-hybridized carbons (Fsp3) is 0.417. The van der Waals surface area contributed by atoms with Crippen LogP contribution in [0.25, 0.3) is 0 Å². The highest BCUT2D eigenvalue weighted by Crippen LogP contribution is 2.21. The van der Waals surface area contributed by atoms with Gasteiger partial charge in [-0.25, -0.2) is 0 Å². The third kappa shape index (κ3) is 2.79. The number of carbonyl (C=O) groups is 1. The smallest absolute Gasteiger partial charge is 0.255 e. The number of carbonyl (C=O) groups excluding carboxylic acids is 1. The fourth-order valence-corrected chi connectivity index (χ4v) is 2.31. The molecule has 0 spiro atoms. The molecule has 3 N–H and O–H groups in total. The minimum atomic E-state index is -0.279. The predicted octanol–water partition coefficient (Wildman–Crippen LogP) is 1.63. The molecule has 0 aromatic heterocycles. The zero-order valence-corrected chi connectivity index (χ0v) is 11.0. The monoisotopic (exact) mass is 298 g/mol. The summed E-state index contributed by atoms with van der Waals surface area (Å²) in [6, 6.07) is 5.27. The van der Waals surface area contributed by atoms with Gasteiger partial charge in [0.1, 0.15) is 0 Å². The van der Waals surface area contributed by atoms with Gasteiger partial charge in [-0.1, -0.05) is 15.9 Å². The second kappa shape index (κ2) is 5.06. The first kappa shape index (κ1) is 12.4. The number of aliphatic hydroxyl groups is 1. The van der Waals surface area contributed by atoms with Gasteiger partial charge < -0.3 is 15.7 Å². The molecule has 0 radical (unpaired) electrons. The van der Waals surface area contributed by atoms with E-state index in [1.54, 1.807) is 17.0 Å². The number of aliphatic hydroxyl groups excluding tert-OH is 1. The molecule has 1 aromatic carbocycles. The van der Waals surface area contributed by atoms with Gasteiger partial charge in [0, 0.05) is 23.2 Å². The molecule has 2 rings (SSSR count). The lowest BCUT2D eigenvalue weighted by Crippen LogP contribution is -2.40. The highest BCUT2D eigenvalue weighted by molar-refractivity contribution is 9.10. The second-order valence-corrected chi connectivity index (χ2v) is 5.17. The minimum Gasteiger partial charge on any atom is -0.398 e. The maximum Gasteiger partial charge on any atom is 0.255 e. The quantitative estimate of drug-likeness (QED) is 0.775. The van der Waals surface area contributed by atoms with E-state index < -0.39 is 0 Å². The number of nitrogens with two attached hydrogens (primary N) is 1. The van der Waals surface area contributed by atoms with Crippen molar-refractivity contribution in [2.24, 2.45) is 0 Å². The van der Waals surface area contributed by atoms with Gasteiger partial charge >= 0.3 is 0 Å². The number of benzene rings is 1. The van der Waals surface area contributed by atoms with Crippen LogP contribution in [0.1, 0.15) is 23.2 Å². The van der Waals surface area contributed by atoms with Crippen LogP contribution in [0.15, 0.2) is 22.7 Å². The topological polar surface area (TPSA) is 66.6 Å². The Kier molecular flexibility index (Phi) is 3.69. The average molecular weight is 299 g/mol. The second-order valence-electron chi connectivity index (χ2n) is 4.25. The number of amides is 1. The molecule has 92 valence electrons. The molecule has 1 aromatic rings. The molecule has 1 heterocycles. The molecule has 0 atom stereocenters.